The van der Waals surface area contributed by atoms with E-state index >= 15 is 0 Å². The second kappa shape index (κ2) is 8.48. The summed E-state index contributed by atoms with van der Waals surface area (Å²) in [4.78, 5) is 11.8. The molecule has 2 aromatic carbocycles. The maximum absolute atomic E-state index is 11.9. The summed E-state index contributed by atoms with van der Waals surface area (Å²) in [6.45, 7) is -0.360. The molecule has 2 rings (SSSR count). The standard InChI is InChI=1S/C16H16Cl2N2O3S/c17-13-8-14(18)10-15(9-13)20-16(21)11-19-24(22,23)7-6-12-4-2-1-3-5-12/h1-5,8-10,19H,6-7,11H2,(H,20,21). The number of nitrogens with one attached hydrogen (secondary N) is 2. The minimum absolute atomic E-state index is 0.0900. The molecule has 24 heavy (non-hydrogen) atoms. The molecule has 1 amide bonds. The quantitative estimate of drug-likeness (QED) is 0.767. The van der Waals surface area contributed by atoms with Crippen molar-refractivity contribution in [2.24, 2.45) is 0 Å². The molecule has 0 unspecified atom stereocenters. The lowest BCUT2D eigenvalue weighted by Gasteiger charge is -2.08. The third-order valence-electron chi connectivity index (χ3n) is 3.10. The molecule has 0 heterocycles. The van der Waals surface area contributed by atoms with Gasteiger partial charge in [-0.2, -0.15) is 0 Å². The van der Waals surface area contributed by atoms with E-state index in [0.29, 0.717) is 22.2 Å². The smallest absolute Gasteiger partial charge is 0.239 e. The number of anilines is 1. The number of aryl methyl sites for hydroxylation is 1. The Morgan fingerprint density at radius 2 is 1.62 bits per heavy atom. The van der Waals surface area contributed by atoms with Crippen molar-refractivity contribution in [1.29, 1.82) is 0 Å². The van der Waals surface area contributed by atoms with E-state index in [4.69, 9.17) is 23.2 Å². The van der Waals surface area contributed by atoms with Gasteiger partial charge in [-0.25, -0.2) is 13.1 Å². The molecular weight excluding hydrogens is 371 g/mol. The van der Waals surface area contributed by atoms with Crippen molar-refractivity contribution in [2.75, 3.05) is 17.6 Å². The summed E-state index contributed by atoms with van der Waals surface area (Å²) in [6, 6.07) is 13.8. The van der Waals surface area contributed by atoms with Crippen LogP contribution in [0.15, 0.2) is 48.5 Å². The van der Waals surface area contributed by atoms with Gasteiger partial charge in [0.25, 0.3) is 0 Å². The summed E-state index contributed by atoms with van der Waals surface area (Å²) < 4.78 is 26.1. The summed E-state index contributed by atoms with van der Waals surface area (Å²) in [6.07, 6.45) is 0.377. The van der Waals surface area contributed by atoms with Gasteiger partial charge < -0.3 is 5.32 Å². The first kappa shape index (κ1) is 18.7. The molecule has 8 heteroatoms. The van der Waals surface area contributed by atoms with Gasteiger partial charge in [-0.1, -0.05) is 53.5 Å². The SMILES string of the molecule is O=C(CNS(=O)(=O)CCc1ccccc1)Nc1cc(Cl)cc(Cl)c1. The largest absolute Gasteiger partial charge is 0.325 e. The lowest BCUT2D eigenvalue weighted by atomic mass is 10.2. The van der Waals surface area contributed by atoms with E-state index in [1.807, 2.05) is 30.3 Å². The second-order valence-electron chi connectivity index (χ2n) is 5.08. The number of amides is 1. The second-order valence-corrected chi connectivity index (χ2v) is 7.88. The summed E-state index contributed by atoms with van der Waals surface area (Å²) in [5, 5.41) is 3.29. The Morgan fingerprint density at radius 3 is 2.25 bits per heavy atom. The molecule has 0 saturated heterocycles. The van der Waals surface area contributed by atoms with Crippen molar-refractivity contribution in [3.8, 4) is 0 Å². The Labute approximate surface area is 151 Å². The van der Waals surface area contributed by atoms with Crippen LogP contribution in [0.25, 0.3) is 0 Å². The number of sulfonamides is 1. The first-order valence-corrected chi connectivity index (χ1v) is 9.52. The molecule has 2 aromatic rings. The molecule has 0 aliphatic heterocycles. The van der Waals surface area contributed by atoms with Gasteiger partial charge >= 0.3 is 0 Å². The monoisotopic (exact) mass is 386 g/mol. The number of carbonyl (C=O) groups is 1. The minimum Gasteiger partial charge on any atom is -0.325 e. The highest BCUT2D eigenvalue weighted by Crippen LogP contribution is 2.22. The van der Waals surface area contributed by atoms with Crippen LogP contribution in [0.1, 0.15) is 5.56 Å². The number of hydrogen-bond donors (Lipinski definition) is 2. The zero-order valence-corrected chi connectivity index (χ0v) is 15.0. The van der Waals surface area contributed by atoms with Crippen LogP contribution in [-0.4, -0.2) is 26.6 Å². The Kier molecular flexibility index (Phi) is 6.62. The highest BCUT2D eigenvalue weighted by molar-refractivity contribution is 7.89. The van der Waals surface area contributed by atoms with E-state index in [0.717, 1.165) is 5.56 Å². The van der Waals surface area contributed by atoms with E-state index in [1.165, 1.54) is 18.2 Å². The number of hydrogen-bond acceptors (Lipinski definition) is 3. The zero-order chi connectivity index (χ0) is 17.6. The molecule has 128 valence electrons. The van der Waals surface area contributed by atoms with E-state index in [2.05, 4.69) is 10.0 Å². The van der Waals surface area contributed by atoms with Crippen LogP contribution in [0.2, 0.25) is 10.0 Å². The van der Waals surface area contributed by atoms with Gasteiger partial charge in [-0.3, -0.25) is 4.79 Å². The zero-order valence-electron chi connectivity index (χ0n) is 12.6. The van der Waals surface area contributed by atoms with Crippen LogP contribution in [0, 0.1) is 0 Å². The number of halogens is 2. The van der Waals surface area contributed by atoms with Crippen molar-refractivity contribution in [1.82, 2.24) is 4.72 Å². The molecule has 0 saturated carbocycles. The molecule has 0 radical (unpaired) electrons. The average molecular weight is 387 g/mol. The average Bonchev–Trinajstić information content (AvgIpc) is 2.51. The van der Waals surface area contributed by atoms with Crippen LogP contribution in [0.5, 0.6) is 0 Å². The lowest BCUT2D eigenvalue weighted by Crippen LogP contribution is -2.34. The number of carbonyl (C=O) groups excluding carboxylic acids is 1. The minimum atomic E-state index is -3.55. The predicted molar refractivity (Wildman–Crippen MR) is 97.0 cm³/mol. The lowest BCUT2D eigenvalue weighted by molar-refractivity contribution is -0.115. The fraction of sp³-hybridized carbons (Fsp3) is 0.188. The Balaban J connectivity index is 1.83. The molecule has 2 N–H and O–H groups in total. The fourth-order valence-corrected chi connectivity index (χ4v) is 3.50. The molecule has 5 nitrogen and oxygen atoms in total. The number of rotatable bonds is 7. The van der Waals surface area contributed by atoms with Gasteiger partial charge in [0.15, 0.2) is 0 Å². The molecule has 0 atom stereocenters. The highest BCUT2D eigenvalue weighted by Gasteiger charge is 2.13. The van der Waals surface area contributed by atoms with Crippen LogP contribution in [0.3, 0.4) is 0 Å². The maximum Gasteiger partial charge on any atom is 0.239 e. The topological polar surface area (TPSA) is 75.3 Å². The van der Waals surface area contributed by atoms with Gasteiger partial charge in [0.2, 0.25) is 15.9 Å². The number of benzene rings is 2. The molecular formula is C16H16Cl2N2O3S. The first-order chi connectivity index (χ1) is 11.3. The van der Waals surface area contributed by atoms with Crippen LogP contribution in [0.4, 0.5) is 5.69 Å². The Morgan fingerprint density at radius 1 is 1.00 bits per heavy atom. The summed E-state index contributed by atoms with van der Waals surface area (Å²) in [5.74, 6) is -0.593. The Bertz CT molecular complexity index is 791. The third kappa shape index (κ3) is 6.49. The molecule has 0 bridgehead atoms. The molecule has 0 aliphatic carbocycles. The maximum atomic E-state index is 11.9. The highest BCUT2D eigenvalue weighted by atomic mass is 35.5. The van der Waals surface area contributed by atoms with Gasteiger partial charge in [0, 0.05) is 15.7 Å². The van der Waals surface area contributed by atoms with Crippen LogP contribution in [-0.2, 0) is 21.2 Å². The summed E-state index contributed by atoms with van der Waals surface area (Å²) in [5.41, 5.74) is 1.32. The van der Waals surface area contributed by atoms with Crippen LogP contribution < -0.4 is 10.0 Å². The van der Waals surface area contributed by atoms with E-state index in [1.54, 1.807) is 0 Å². The van der Waals surface area contributed by atoms with Crippen LogP contribution >= 0.6 is 23.2 Å². The molecule has 0 spiro atoms. The normalized spacial score (nSPS) is 11.2. The summed E-state index contributed by atoms with van der Waals surface area (Å²) in [7, 11) is -3.55. The third-order valence-corrected chi connectivity index (χ3v) is 4.86. The van der Waals surface area contributed by atoms with Gasteiger partial charge in [-0.05, 0) is 30.2 Å². The summed E-state index contributed by atoms with van der Waals surface area (Å²) >= 11 is 11.7. The van der Waals surface area contributed by atoms with Crippen molar-refractivity contribution in [3.63, 3.8) is 0 Å². The van der Waals surface area contributed by atoms with Crippen molar-refractivity contribution < 1.29 is 13.2 Å². The molecule has 0 fully saturated rings. The predicted octanol–water partition coefficient (Wildman–Crippen LogP) is 3.09. The van der Waals surface area contributed by atoms with E-state index < -0.39 is 15.9 Å². The molecule has 0 aromatic heterocycles. The fourth-order valence-electron chi connectivity index (χ4n) is 1.98. The first-order valence-electron chi connectivity index (χ1n) is 7.11. The Hall–Kier alpha value is -1.60. The van der Waals surface area contributed by atoms with Gasteiger partial charge in [0.05, 0.1) is 12.3 Å². The van der Waals surface area contributed by atoms with E-state index in [9.17, 15) is 13.2 Å². The molecule has 0 aliphatic rings. The van der Waals surface area contributed by atoms with Crippen molar-refractivity contribution in [3.05, 3.63) is 64.1 Å². The van der Waals surface area contributed by atoms with Crippen molar-refractivity contribution >= 4 is 44.8 Å². The van der Waals surface area contributed by atoms with Gasteiger partial charge in [0.1, 0.15) is 0 Å². The van der Waals surface area contributed by atoms with E-state index in [-0.39, 0.29) is 12.3 Å². The van der Waals surface area contributed by atoms with Crippen molar-refractivity contribution in [2.45, 2.75) is 6.42 Å². The van der Waals surface area contributed by atoms with Gasteiger partial charge in [-0.15, -0.1) is 0 Å².